The molecule has 0 aromatic heterocycles. The summed E-state index contributed by atoms with van der Waals surface area (Å²) in [6.45, 7) is 6.32. The van der Waals surface area contributed by atoms with Gasteiger partial charge in [0.15, 0.2) is 6.10 Å². The maximum atomic E-state index is 12.9. The Morgan fingerprint density at radius 3 is 0.846 bits per heavy atom. The van der Waals surface area contributed by atoms with Crippen LogP contribution in [-0.2, 0) is 28.6 Å². The van der Waals surface area contributed by atoms with Gasteiger partial charge < -0.3 is 14.2 Å². The summed E-state index contributed by atoms with van der Waals surface area (Å²) >= 11 is 0. The van der Waals surface area contributed by atoms with Gasteiger partial charge >= 0.3 is 17.9 Å². The van der Waals surface area contributed by atoms with Crippen LogP contribution in [0.2, 0.25) is 0 Å². The normalized spacial score (nSPS) is 13.0. The third-order valence-corrected chi connectivity index (χ3v) is 13.4. The van der Waals surface area contributed by atoms with E-state index < -0.39 is 6.10 Å². The number of hydrogen-bond donors (Lipinski definition) is 0. The minimum Gasteiger partial charge on any atom is -0.462 e. The average molecular weight is 1080 g/mol. The second-order valence-corrected chi connectivity index (χ2v) is 20.9. The highest BCUT2D eigenvalue weighted by Crippen LogP contribution is 2.17. The Bertz CT molecular complexity index is 1670. The van der Waals surface area contributed by atoms with E-state index in [4.69, 9.17) is 14.2 Å². The van der Waals surface area contributed by atoms with Gasteiger partial charge in [-0.15, -0.1) is 0 Å². The summed E-state index contributed by atoms with van der Waals surface area (Å²) in [4.78, 5) is 38.2. The lowest BCUT2D eigenvalue weighted by molar-refractivity contribution is -0.166. The van der Waals surface area contributed by atoms with E-state index >= 15 is 0 Å². The maximum Gasteiger partial charge on any atom is 0.306 e. The first-order chi connectivity index (χ1) is 38.5. The molecule has 0 heterocycles. The zero-order valence-corrected chi connectivity index (χ0v) is 50.6. The van der Waals surface area contributed by atoms with Gasteiger partial charge in [-0.2, -0.15) is 0 Å². The van der Waals surface area contributed by atoms with Crippen molar-refractivity contribution in [3.8, 4) is 0 Å². The Hall–Kier alpha value is -4.45. The molecule has 0 radical (unpaired) electrons. The van der Waals surface area contributed by atoms with Crippen molar-refractivity contribution in [2.75, 3.05) is 13.2 Å². The minimum absolute atomic E-state index is 0.125. The molecule has 0 aromatic rings. The fraction of sp³-hybridized carbons (Fsp3) is 0.653. The number of carbonyl (C=O) groups is 3. The van der Waals surface area contributed by atoms with Crippen molar-refractivity contribution in [3.05, 3.63) is 134 Å². The Kier molecular flexibility index (Phi) is 61.4. The van der Waals surface area contributed by atoms with Crippen LogP contribution in [0.4, 0.5) is 0 Å². The summed E-state index contributed by atoms with van der Waals surface area (Å²) in [5.41, 5.74) is 0. The molecule has 0 spiro atoms. The van der Waals surface area contributed by atoms with Gasteiger partial charge in [0.05, 0.1) is 0 Å². The van der Waals surface area contributed by atoms with Crippen molar-refractivity contribution in [3.63, 3.8) is 0 Å². The number of unbranched alkanes of at least 4 members (excludes halogenated alkanes) is 24. The second kappa shape index (κ2) is 65.1. The number of carbonyl (C=O) groups excluding carboxylic acids is 3. The van der Waals surface area contributed by atoms with E-state index in [9.17, 15) is 14.4 Å². The summed E-state index contributed by atoms with van der Waals surface area (Å²) in [6.07, 6.45) is 92.1. The van der Waals surface area contributed by atoms with Crippen molar-refractivity contribution < 1.29 is 28.6 Å². The monoisotopic (exact) mass is 1080 g/mol. The van der Waals surface area contributed by atoms with Gasteiger partial charge in [-0.05, 0) is 96.3 Å². The first-order valence-corrected chi connectivity index (χ1v) is 32.2. The number of ether oxygens (including phenoxy) is 3. The molecule has 6 heteroatoms. The first-order valence-electron chi connectivity index (χ1n) is 32.2. The first kappa shape index (κ1) is 73.5. The van der Waals surface area contributed by atoms with Crippen LogP contribution in [-0.4, -0.2) is 37.2 Å². The van der Waals surface area contributed by atoms with Gasteiger partial charge in [-0.3, -0.25) is 14.4 Å². The van der Waals surface area contributed by atoms with E-state index in [-0.39, 0.29) is 44.0 Å². The third-order valence-electron chi connectivity index (χ3n) is 13.4. The second-order valence-electron chi connectivity index (χ2n) is 20.9. The number of esters is 3. The molecular weight excluding hydrogens is 961 g/mol. The van der Waals surface area contributed by atoms with Crippen LogP contribution in [0, 0.1) is 0 Å². The highest BCUT2D eigenvalue weighted by Gasteiger charge is 2.19. The van der Waals surface area contributed by atoms with E-state index in [1.165, 1.54) is 135 Å². The molecule has 0 fully saturated rings. The van der Waals surface area contributed by atoms with E-state index in [2.05, 4.69) is 142 Å². The molecular formula is C72H118O6. The summed E-state index contributed by atoms with van der Waals surface area (Å²) < 4.78 is 16.8. The number of rotatable bonds is 57. The molecule has 78 heavy (non-hydrogen) atoms. The predicted molar refractivity (Wildman–Crippen MR) is 339 cm³/mol. The van der Waals surface area contributed by atoms with Crippen molar-refractivity contribution in [1.29, 1.82) is 0 Å². The molecule has 0 N–H and O–H groups in total. The van der Waals surface area contributed by atoms with E-state index in [0.29, 0.717) is 19.3 Å². The molecule has 0 rings (SSSR count). The number of hydrogen-bond acceptors (Lipinski definition) is 6. The van der Waals surface area contributed by atoms with Crippen LogP contribution in [0.15, 0.2) is 134 Å². The maximum absolute atomic E-state index is 12.9. The van der Waals surface area contributed by atoms with Gasteiger partial charge in [0.1, 0.15) is 13.2 Å². The summed E-state index contributed by atoms with van der Waals surface area (Å²) in [5, 5.41) is 0. The third kappa shape index (κ3) is 62.4. The van der Waals surface area contributed by atoms with Crippen molar-refractivity contribution >= 4 is 17.9 Å². The molecule has 0 saturated carbocycles. The van der Waals surface area contributed by atoms with Crippen LogP contribution < -0.4 is 0 Å². The molecule has 0 saturated heterocycles. The lowest BCUT2D eigenvalue weighted by atomic mass is 10.0. The Balaban J connectivity index is 4.45. The van der Waals surface area contributed by atoms with E-state index in [1.807, 2.05) is 12.2 Å². The van der Waals surface area contributed by atoms with E-state index in [1.54, 1.807) is 0 Å². The molecule has 0 amide bonds. The highest BCUT2D eigenvalue weighted by atomic mass is 16.6. The molecule has 1 unspecified atom stereocenters. The summed E-state index contributed by atoms with van der Waals surface area (Å²) in [7, 11) is 0. The molecule has 0 aliphatic heterocycles. The molecule has 0 bridgehead atoms. The van der Waals surface area contributed by atoms with Gasteiger partial charge in [0, 0.05) is 19.3 Å². The summed E-state index contributed by atoms with van der Waals surface area (Å²) in [5.74, 6) is -1.07. The van der Waals surface area contributed by atoms with Crippen LogP contribution in [0.5, 0.6) is 0 Å². The van der Waals surface area contributed by atoms with Crippen LogP contribution in [0.25, 0.3) is 0 Å². The van der Waals surface area contributed by atoms with Crippen molar-refractivity contribution in [2.24, 2.45) is 0 Å². The SMILES string of the molecule is CC/C=C\C/C=C\C/C=C\C/C=C\C/C=C\C/C=C\C/C=C\CCCC(=O)OC(COC(=O)CC/C=C\C/C=C\C/C=C\C/C=C\CC)COC(=O)CCCCCCCCCCCCCCCCCCCCCCCCCC. The molecule has 6 nitrogen and oxygen atoms in total. The quantitative estimate of drug-likeness (QED) is 0.0261. The standard InChI is InChI=1S/C72H118O6/c1-4-7-10-13-16-19-22-25-27-29-31-33-35-37-38-40-42-44-47-50-53-56-59-62-65-71(74)77-68-69(67-76-70(73)64-61-58-55-52-49-46-24-21-18-15-12-9-6-3)78-72(75)66-63-60-57-54-51-48-45-43-41-39-36-34-32-30-28-26-23-20-17-14-11-8-5-2/h8-9,11-12,17-18,20-21,26,28,32,34,39,41,45-46,48-49,54-55,57-58,69H,4-7,10,13-16,19,22-25,27,29-31,33,35-38,40,42-44,47,50-53,56,59-68H2,1-3H3/b11-8-,12-9-,20-17-,21-18-,28-26-,34-32-,41-39-,48-45-,49-46-,57-54-,58-55-. The van der Waals surface area contributed by atoms with Gasteiger partial charge in [-0.1, -0.05) is 302 Å². The lowest BCUT2D eigenvalue weighted by Gasteiger charge is -2.18. The van der Waals surface area contributed by atoms with Crippen molar-refractivity contribution in [2.45, 2.75) is 290 Å². The smallest absolute Gasteiger partial charge is 0.306 e. The lowest BCUT2D eigenvalue weighted by Crippen LogP contribution is -2.30. The van der Waals surface area contributed by atoms with Crippen LogP contribution in [0.1, 0.15) is 284 Å². The van der Waals surface area contributed by atoms with Gasteiger partial charge in [0.2, 0.25) is 0 Å². The molecule has 1 atom stereocenters. The zero-order valence-electron chi connectivity index (χ0n) is 50.6. The minimum atomic E-state index is -0.842. The Morgan fingerprint density at radius 1 is 0.269 bits per heavy atom. The topological polar surface area (TPSA) is 78.9 Å². The van der Waals surface area contributed by atoms with Crippen LogP contribution in [0.3, 0.4) is 0 Å². The van der Waals surface area contributed by atoms with Gasteiger partial charge in [-0.25, -0.2) is 0 Å². The van der Waals surface area contributed by atoms with Crippen molar-refractivity contribution in [1.82, 2.24) is 0 Å². The summed E-state index contributed by atoms with van der Waals surface area (Å²) in [6, 6.07) is 0. The predicted octanol–water partition coefficient (Wildman–Crippen LogP) is 22.2. The average Bonchev–Trinajstić information content (AvgIpc) is 3.44. The zero-order chi connectivity index (χ0) is 56.4. The Labute approximate surface area is 481 Å². The molecule has 442 valence electrons. The van der Waals surface area contributed by atoms with E-state index in [0.717, 1.165) is 96.3 Å². The fourth-order valence-corrected chi connectivity index (χ4v) is 8.68. The highest BCUT2D eigenvalue weighted by molar-refractivity contribution is 5.71. The fourth-order valence-electron chi connectivity index (χ4n) is 8.68. The van der Waals surface area contributed by atoms with Crippen LogP contribution >= 0.6 is 0 Å². The molecule has 0 aliphatic rings. The molecule has 0 aliphatic carbocycles. The van der Waals surface area contributed by atoms with Gasteiger partial charge in [0.25, 0.3) is 0 Å². The Morgan fingerprint density at radius 2 is 0.526 bits per heavy atom. The number of allylic oxidation sites excluding steroid dienone is 22. The molecule has 0 aromatic carbocycles. The largest absolute Gasteiger partial charge is 0.462 e.